The van der Waals surface area contributed by atoms with Gasteiger partial charge in [0.1, 0.15) is 0 Å². The number of rotatable bonds is 6. The zero-order chi connectivity index (χ0) is 14.4. The molecule has 20 heavy (non-hydrogen) atoms. The number of thiol groups is 1. The van der Waals surface area contributed by atoms with Crippen molar-refractivity contribution in [2.45, 2.75) is 19.9 Å². The quantitative estimate of drug-likeness (QED) is 0.589. The number of hydrogen-bond acceptors (Lipinski definition) is 2. The summed E-state index contributed by atoms with van der Waals surface area (Å²) in [7, 11) is 0. The maximum absolute atomic E-state index is 4.50. The Kier molecular flexibility index (Phi) is 5.31. The molecule has 0 saturated heterocycles. The molecule has 0 unspecified atom stereocenters. The number of benzene rings is 2. The van der Waals surface area contributed by atoms with E-state index in [0.29, 0.717) is 5.88 Å². The molecular formula is C18H21NS. The fourth-order valence-electron chi connectivity index (χ4n) is 2.42. The molecule has 0 bridgehead atoms. The molecule has 2 aromatic carbocycles. The van der Waals surface area contributed by atoms with Gasteiger partial charge in [-0.05, 0) is 29.2 Å². The molecule has 0 aliphatic heterocycles. The van der Waals surface area contributed by atoms with Crippen molar-refractivity contribution in [1.29, 1.82) is 0 Å². The van der Waals surface area contributed by atoms with Gasteiger partial charge >= 0.3 is 0 Å². The summed E-state index contributed by atoms with van der Waals surface area (Å²) in [5, 5.41) is 0. The van der Waals surface area contributed by atoms with Crippen LogP contribution in [0.15, 0.2) is 55.1 Å². The smallest absolute Gasteiger partial charge is 0.0614 e. The van der Waals surface area contributed by atoms with E-state index in [1.165, 1.54) is 16.8 Å². The highest BCUT2D eigenvalue weighted by molar-refractivity contribution is 7.80. The first-order valence-corrected chi connectivity index (χ1v) is 7.57. The lowest BCUT2D eigenvalue weighted by Crippen LogP contribution is -2.22. The third-order valence-corrected chi connectivity index (χ3v) is 3.87. The average molecular weight is 283 g/mol. The molecule has 1 nitrogen and oxygen atoms in total. The first-order chi connectivity index (χ1) is 9.80. The van der Waals surface area contributed by atoms with Crippen molar-refractivity contribution in [2.75, 3.05) is 10.8 Å². The molecule has 0 saturated carbocycles. The van der Waals surface area contributed by atoms with E-state index in [1.807, 2.05) is 12.1 Å². The zero-order valence-corrected chi connectivity index (χ0v) is 12.8. The highest BCUT2D eigenvalue weighted by Crippen LogP contribution is 2.24. The average Bonchev–Trinajstić information content (AvgIpc) is 2.53. The van der Waals surface area contributed by atoms with Gasteiger partial charge in [-0.1, -0.05) is 62.0 Å². The standard InChI is InChI=1S/C18H21NS/c1-3-15-9-5-6-11-17(15)13-19(14-20)18-12-8-7-10-16(18)4-2/h4-12,20H,2-3,13-14H2,1H3. The molecule has 0 atom stereocenters. The second-order valence-corrected chi connectivity index (χ2v) is 5.01. The third kappa shape index (κ3) is 3.26. The van der Waals surface area contributed by atoms with Crippen LogP contribution >= 0.6 is 12.6 Å². The highest BCUT2D eigenvalue weighted by atomic mass is 32.1. The maximum atomic E-state index is 4.50. The molecule has 2 rings (SSSR count). The first kappa shape index (κ1) is 14.7. The molecule has 0 fully saturated rings. The van der Waals surface area contributed by atoms with Gasteiger partial charge in [0.15, 0.2) is 0 Å². The molecular weight excluding hydrogens is 262 g/mol. The minimum absolute atomic E-state index is 0.683. The highest BCUT2D eigenvalue weighted by Gasteiger charge is 2.10. The summed E-state index contributed by atoms with van der Waals surface area (Å²) in [6.07, 6.45) is 2.96. The lowest BCUT2D eigenvalue weighted by molar-refractivity contribution is 0.885. The lowest BCUT2D eigenvalue weighted by Gasteiger charge is -2.25. The van der Waals surface area contributed by atoms with E-state index in [4.69, 9.17) is 0 Å². The van der Waals surface area contributed by atoms with Gasteiger partial charge in [0, 0.05) is 12.2 Å². The zero-order valence-electron chi connectivity index (χ0n) is 11.9. The summed E-state index contributed by atoms with van der Waals surface area (Å²) in [5.41, 5.74) is 5.09. The van der Waals surface area contributed by atoms with E-state index in [2.05, 4.69) is 73.5 Å². The van der Waals surface area contributed by atoms with Gasteiger partial charge < -0.3 is 4.90 Å². The van der Waals surface area contributed by atoms with Crippen LogP contribution in [0.1, 0.15) is 23.6 Å². The Morgan fingerprint density at radius 3 is 2.35 bits per heavy atom. The van der Waals surface area contributed by atoms with Crippen LogP contribution in [-0.2, 0) is 13.0 Å². The van der Waals surface area contributed by atoms with Gasteiger partial charge in [-0.15, -0.1) is 0 Å². The number of para-hydroxylation sites is 1. The van der Waals surface area contributed by atoms with Gasteiger partial charge in [0.2, 0.25) is 0 Å². The summed E-state index contributed by atoms with van der Waals surface area (Å²) in [6, 6.07) is 16.9. The second kappa shape index (κ2) is 7.20. The van der Waals surface area contributed by atoms with Gasteiger partial charge in [-0.3, -0.25) is 0 Å². The van der Waals surface area contributed by atoms with E-state index in [0.717, 1.165) is 18.5 Å². The molecule has 0 aromatic heterocycles. The van der Waals surface area contributed by atoms with Crippen molar-refractivity contribution in [3.8, 4) is 0 Å². The van der Waals surface area contributed by atoms with Crippen molar-refractivity contribution in [3.63, 3.8) is 0 Å². The van der Waals surface area contributed by atoms with E-state index in [9.17, 15) is 0 Å². The van der Waals surface area contributed by atoms with Crippen LogP contribution in [0.2, 0.25) is 0 Å². The monoisotopic (exact) mass is 283 g/mol. The molecule has 2 heteroatoms. The van der Waals surface area contributed by atoms with E-state index >= 15 is 0 Å². The van der Waals surface area contributed by atoms with Gasteiger partial charge in [-0.2, -0.15) is 12.6 Å². The SMILES string of the molecule is C=Cc1ccccc1N(CS)Cc1ccccc1CC. The normalized spacial score (nSPS) is 10.3. The van der Waals surface area contributed by atoms with Crippen molar-refractivity contribution in [3.05, 3.63) is 71.8 Å². The van der Waals surface area contributed by atoms with Crippen LogP contribution in [0.25, 0.3) is 6.08 Å². The number of aryl methyl sites for hydroxylation is 1. The molecule has 104 valence electrons. The van der Waals surface area contributed by atoms with Crippen LogP contribution in [0.4, 0.5) is 5.69 Å². The topological polar surface area (TPSA) is 3.24 Å². The van der Waals surface area contributed by atoms with Crippen LogP contribution < -0.4 is 4.90 Å². The van der Waals surface area contributed by atoms with Crippen molar-refractivity contribution in [2.24, 2.45) is 0 Å². The van der Waals surface area contributed by atoms with Gasteiger partial charge in [0.05, 0.1) is 5.88 Å². The Hall–Kier alpha value is -1.67. The fourth-order valence-corrected chi connectivity index (χ4v) is 2.67. The predicted molar refractivity (Wildman–Crippen MR) is 92.4 cm³/mol. The summed E-state index contributed by atoms with van der Waals surface area (Å²) >= 11 is 4.50. The summed E-state index contributed by atoms with van der Waals surface area (Å²) < 4.78 is 0. The van der Waals surface area contributed by atoms with Crippen molar-refractivity contribution < 1.29 is 0 Å². The predicted octanol–water partition coefficient (Wildman–Crippen LogP) is 4.79. The summed E-state index contributed by atoms with van der Waals surface area (Å²) in [5.74, 6) is 0.683. The van der Waals surface area contributed by atoms with E-state index in [1.54, 1.807) is 0 Å². The molecule has 0 aliphatic carbocycles. The Labute approximate surface area is 127 Å². The van der Waals surface area contributed by atoms with Crippen molar-refractivity contribution in [1.82, 2.24) is 0 Å². The molecule has 2 aromatic rings. The lowest BCUT2D eigenvalue weighted by atomic mass is 10.0. The van der Waals surface area contributed by atoms with Crippen LogP contribution in [0.3, 0.4) is 0 Å². The third-order valence-electron chi connectivity index (χ3n) is 3.53. The molecule has 0 amide bonds. The molecule has 0 heterocycles. The number of hydrogen-bond donors (Lipinski definition) is 1. The fraction of sp³-hybridized carbons (Fsp3) is 0.222. The number of nitrogens with zero attached hydrogens (tertiary/aromatic N) is 1. The Morgan fingerprint density at radius 2 is 1.70 bits per heavy atom. The van der Waals surface area contributed by atoms with E-state index < -0.39 is 0 Å². The first-order valence-electron chi connectivity index (χ1n) is 6.94. The maximum Gasteiger partial charge on any atom is 0.0614 e. The van der Waals surface area contributed by atoms with Crippen LogP contribution in [-0.4, -0.2) is 5.88 Å². The van der Waals surface area contributed by atoms with Crippen molar-refractivity contribution >= 4 is 24.4 Å². The number of anilines is 1. The Balaban J connectivity index is 2.31. The van der Waals surface area contributed by atoms with Crippen LogP contribution in [0.5, 0.6) is 0 Å². The van der Waals surface area contributed by atoms with E-state index in [-0.39, 0.29) is 0 Å². The summed E-state index contributed by atoms with van der Waals surface area (Å²) in [4.78, 5) is 2.27. The Morgan fingerprint density at radius 1 is 1.05 bits per heavy atom. The largest absolute Gasteiger partial charge is 0.358 e. The van der Waals surface area contributed by atoms with Gasteiger partial charge in [-0.25, -0.2) is 0 Å². The minimum atomic E-state index is 0.683. The molecule has 0 spiro atoms. The summed E-state index contributed by atoms with van der Waals surface area (Å²) in [6.45, 7) is 6.97. The molecule has 0 N–H and O–H groups in total. The van der Waals surface area contributed by atoms with Crippen LogP contribution in [0, 0.1) is 0 Å². The molecule has 0 radical (unpaired) electrons. The molecule has 0 aliphatic rings. The Bertz CT molecular complexity index is 577. The minimum Gasteiger partial charge on any atom is -0.358 e. The second-order valence-electron chi connectivity index (χ2n) is 4.72. The van der Waals surface area contributed by atoms with Gasteiger partial charge in [0.25, 0.3) is 0 Å².